The maximum absolute atomic E-state index is 5.52. The van der Waals surface area contributed by atoms with Crippen LogP contribution >= 0.6 is 0 Å². The van der Waals surface area contributed by atoms with Crippen LogP contribution in [0.1, 0.15) is 13.3 Å². The summed E-state index contributed by atoms with van der Waals surface area (Å²) in [6, 6.07) is 0. The van der Waals surface area contributed by atoms with Gasteiger partial charge in [0, 0.05) is 13.1 Å². The minimum absolute atomic E-state index is 0.601. The number of nitrogens with zero attached hydrogens (tertiary/aromatic N) is 2. The predicted octanol–water partition coefficient (Wildman–Crippen LogP) is 0.775. The Kier molecular flexibility index (Phi) is 7.76. The van der Waals surface area contributed by atoms with E-state index in [1.54, 1.807) is 0 Å². The molecule has 0 rings (SSSR count). The molecule has 0 unspecified atom stereocenters. The summed E-state index contributed by atoms with van der Waals surface area (Å²) >= 11 is 0. The molecule has 0 saturated carbocycles. The third-order valence-corrected chi connectivity index (χ3v) is 2.26. The van der Waals surface area contributed by atoms with E-state index in [0.717, 1.165) is 31.8 Å². The van der Waals surface area contributed by atoms with Crippen molar-refractivity contribution in [3.8, 4) is 0 Å². The largest absolute Gasteiger partial charge is 0.327 e. The number of rotatable bonds is 8. The number of likely N-dealkylation sites (N-methyl/N-ethyl adjacent to an activating group) is 1. The van der Waals surface area contributed by atoms with E-state index in [9.17, 15) is 0 Å². The number of hydrogen-bond acceptors (Lipinski definition) is 3. The van der Waals surface area contributed by atoms with E-state index in [4.69, 9.17) is 5.73 Å². The van der Waals surface area contributed by atoms with Gasteiger partial charge in [0.2, 0.25) is 0 Å². The normalized spacial score (nSPS) is 11.3. The Hall–Kier alpha value is -0.380. The van der Waals surface area contributed by atoms with Crippen LogP contribution in [0.2, 0.25) is 0 Å². The minimum Gasteiger partial charge on any atom is -0.327 e. The molecule has 0 aliphatic rings. The van der Waals surface area contributed by atoms with Gasteiger partial charge in [-0.3, -0.25) is 4.90 Å². The fourth-order valence-corrected chi connectivity index (χ4v) is 1.34. The van der Waals surface area contributed by atoms with Crippen molar-refractivity contribution in [3.05, 3.63) is 12.2 Å². The Bertz CT molecular complexity index is 155. The van der Waals surface area contributed by atoms with Crippen molar-refractivity contribution in [3.63, 3.8) is 0 Å². The third-order valence-electron chi connectivity index (χ3n) is 2.26. The minimum atomic E-state index is 0.601. The molecule has 0 bridgehead atoms. The van der Waals surface area contributed by atoms with E-state index >= 15 is 0 Å². The fraction of sp³-hybridized carbons (Fsp3) is 0.818. The van der Waals surface area contributed by atoms with E-state index in [1.807, 2.05) is 0 Å². The van der Waals surface area contributed by atoms with E-state index < -0.39 is 0 Å². The molecule has 3 heteroatoms. The molecule has 2 N–H and O–H groups in total. The zero-order chi connectivity index (χ0) is 11.0. The Morgan fingerprint density at radius 2 is 1.93 bits per heavy atom. The predicted molar refractivity (Wildman–Crippen MR) is 63.5 cm³/mol. The van der Waals surface area contributed by atoms with Gasteiger partial charge in [-0.05, 0) is 45.7 Å². The molecule has 0 radical (unpaired) electrons. The molecule has 0 amide bonds. The fourth-order valence-electron chi connectivity index (χ4n) is 1.34. The molecule has 0 spiro atoms. The first-order valence-electron chi connectivity index (χ1n) is 5.34. The summed E-state index contributed by atoms with van der Waals surface area (Å²) in [6.45, 7) is 11.0. The summed E-state index contributed by atoms with van der Waals surface area (Å²) in [7, 11) is 4.21. The van der Waals surface area contributed by atoms with Gasteiger partial charge in [0.25, 0.3) is 0 Å². The van der Waals surface area contributed by atoms with Crippen molar-refractivity contribution in [1.82, 2.24) is 9.80 Å². The molecule has 0 aliphatic carbocycles. The lowest BCUT2D eigenvalue weighted by Gasteiger charge is -2.21. The topological polar surface area (TPSA) is 32.5 Å². The van der Waals surface area contributed by atoms with Crippen molar-refractivity contribution < 1.29 is 0 Å². The van der Waals surface area contributed by atoms with Gasteiger partial charge in [-0.2, -0.15) is 0 Å². The lowest BCUT2D eigenvalue weighted by atomic mass is 10.2. The Labute approximate surface area is 88.6 Å². The molecule has 0 aromatic rings. The molecule has 84 valence electrons. The van der Waals surface area contributed by atoms with Gasteiger partial charge >= 0.3 is 0 Å². The second-order valence-electron chi connectivity index (χ2n) is 3.98. The maximum Gasteiger partial charge on any atom is 0.0202 e. The van der Waals surface area contributed by atoms with Gasteiger partial charge in [-0.15, -0.1) is 0 Å². The first-order valence-corrected chi connectivity index (χ1v) is 5.34. The van der Waals surface area contributed by atoms with Crippen LogP contribution in [0.25, 0.3) is 0 Å². The van der Waals surface area contributed by atoms with Crippen LogP contribution in [0.15, 0.2) is 12.2 Å². The van der Waals surface area contributed by atoms with Gasteiger partial charge in [-0.1, -0.05) is 13.5 Å². The molecule has 0 aliphatic heterocycles. The monoisotopic (exact) mass is 199 g/mol. The molecule has 0 heterocycles. The summed E-state index contributed by atoms with van der Waals surface area (Å²) in [5.41, 5.74) is 6.64. The average Bonchev–Trinajstić information content (AvgIpc) is 2.15. The highest BCUT2D eigenvalue weighted by Gasteiger charge is 2.03. The molecule has 0 saturated heterocycles. The Morgan fingerprint density at radius 1 is 1.29 bits per heavy atom. The van der Waals surface area contributed by atoms with Gasteiger partial charge in [-0.25, -0.2) is 0 Å². The number of hydrogen-bond donors (Lipinski definition) is 1. The molecule has 0 fully saturated rings. The van der Waals surface area contributed by atoms with Crippen LogP contribution in [0.4, 0.5) is 0 Å². The summed E-state index contributed by atoms with van der Waals surface area (Å²) in [5.74, 6) is 0. The SMILES string of the molecule is C=C(CN)CN(CC)CCCN(C)C. The molecule has 14 heavy (non-hydrogen) atoms. The quantitative estimate of drug-likeness (QED) is 0.586. The van der Waals surface area contributed by atoms with E-state index in [2.05, 4.69) is 37.4 Å². The van der Waals surface area contributed by atoms with Crippen LogP contribution in [0.3, 0.4) is 0 Å². The first kappa shape index (κ1) is 13.6. The van der Waals surface area contributed by atoms with Crippen molar-refractivity contribution in [2.45, 2.75) is 13.3 Å². The van der Waals surface area contributed by atoms with Crippen molar-refractivity contribution in [2.75, 3.05) is 46.8 Å². The molecule has 0 aromatic carbocycles. The van der Waals surface area contributed by atoms with Crippen LogP contribution in [-0.2, 0) is 0 Å². The zero-order valence-corrected chi connectivity index (χ0v) is 9.92. The highest BCUT2D eigenvalue weighted by molar-refractivity contribution is 4.98. The van der Waals surface area contributed by atoms with Crippen LogP contribution < -0.4 is 5.73 Å². The third kappa shape index (κ3) is 7.06. The van der Waals surface area contributed by atoms with E-state index in [0.29, 0.717) is 6.54 Å². The Morgan fingerprint density at radius 3 is 2.36 bits per heavy atom. The summed E-state index contributed by atoms with van der Waals surface area (Å²) < 4.78 is 0. The number of nitrogens with two attached hydrogens (primary N) is 1. The summed E-state index contributed by atoms with van der Waals surface area (Å²) in [5, 5.41) is 0. The molecular formula is C11H25N3. The highest BCUT2D eigenvalue weighted by atomic mass is 15.1. The lowest BCUT2D eigenvalue weighted by Crippen LogP contribution is -2.30. The molecular weight excluding hydrogens is 174 g/mol. The second kappa shape index (κ2) is 7.97. The molecule has 0 atom stereocenters. The first-order chi connectivity index (χ1) is 6.60. The molecule has 3 nitrogen and oxygen atoms in total. The van der Waals surface area contributed by atoms with Gasteiger partial charge in [0.15, 0.2) is 0 Å². The van der Waals surface area contributed by atoms with E-state index in [-0.39, 0.29) is 0 Å². The zero-order valence-electron chi connectivity index (χ0n) is 9.92. The molecule has 0 aromatic heterocycles. The van der Waals surface area contributed by atoms with Crippen LogP contribution in [-0.4, -0.2) is 56.6 Å². The van der Waals surface area contributed by atoms with Crippen molar-refractivity contribution in [2.24, 2.45) is 5.73 Å². The van der Waals surface area contributed by atoms with E-state index in [1.165, 1.54) is 6.42 Å². The highest BCUT2D eigenvalue weighted by Crippen LogP contribution is 1.97. The standard InChI is InChI=1S/C11H25N3/c1-5-14(10-11(2)9-12)8-6-7-13(3)4/h2,5-10,12H2,1,3-4H3. The Balaban J connectivity index is 3.63. The van der Waals surface area contributed by atoms with Crippen molar-refractivity contribution in [1.29, 1.82) is 0 Å². The van der Waals surface area contributed by atoms with Crippen molar-refractivity contribution >= 4 is 0 Å². The lowest BCUT2D eigenvalue weighted by molar-refractivity contribution is 0.284. The van der Waals surface area contributed by atoms with Gasteiger partial charge in [0.1, 0.15) is 0 Å². The average molecular weight is 199 g/mol. The smallest absolute Gasteiger partial charge is 0.0202 e. The summed E-state index contributed by atoms with van der Waals surface area (Å²) in [4.78, 5) is 4.60. The van der Waals surface area contributed by atoms with Gasteiger partial charge in [0.05, 0.1) is 0 Å². The summed E-state index contributed by atoms with van der Waals surface area (Å²) in [6.07, 6.45) is 1.21. The second-order valence-corrected chi connectivity index (χ2v) is 3.98. The van der Waals surface area contributed by atoms with Gasteiger partial charge < -0.3 is 10.6 Å². The van der Waals surface area contributed by atoms with Crippen LogP contribution in [0, 0.1) is 0 Å². The maximum atomic E-state index is 5.52. The van der Waals surface area contributed by atoms with Crippen LogP contribution in [0.5, 0.6) is 0 Å².